The third-order valence-electron chi connectivity index (χ3n) is 3.72. The van der Waals surface area contributed by atoms with Crippen molar-refractivity contribution in [2.45, 2.75) is 31.2 Å². The molecular weight excluding hydrogens is 301 g/mol. The zero-order chi connectivity index (χ0) is 12.8. The van der Waals surface area contributed by atoms with Gasteiger partial charge >= 0.3 is 0 Å². The molecule has 1 saturated carbocycles. The topological polar surface area (TPSA) is 44.5 Å². The van der Waals surface area contributed by atoms with Gasteiger partial charge in [-0.2, -0.15) is 0 Å². The van der Waals surface area contributed by atoms with Crippen LogP contribution < -0.4 is 15.2 Å². The third kappa shape index (κ3) is 1.80. The van der Waals surface area contributed by atoms with E-state index >= 15 is 0 Å². The number of hydrogen-bond donors (Lipinski definition) is 1. The first-order chi connectivity index (χ1) is 8.62. The molecule has 1 fully saturated rings. The van der Waals surface area contributed by atoms with Gasteiger partial charge in [0.05, 0.1) is 10.0 Å². The van der Waals surface area contributed by atoms with Crippen molar-refractivity contribution < 1.29 is 13.9 Å². The highest BCUT2D eigenvalue weighted by Gasteiger charge is 2.39. The molecule has 98 valence electrons. The van der Waals surface area contributed by atoms with Crippen molar-refractivity contribution in [1.82, 2.24) is 0 Å². The van der Waals surface area contributed by atoms with Crippen LogP contribution in [0, 0.1) is 5.82 Å². The molecular formula is C13H15BrFNO2. The van der Waals surface area contributed by atoms with Gasteiger partial charge < -0.3 is 15.2 Å². The van der Waals surface area contributed by atoms with Crippen LogP contribution in [-0.2, 0) is 5.54 Å². The Kier molecular flexibility index (Phi) is 2.98. The fraction of sp³-hybridized carbons (Fsp3) is 0.538. The molecule has 1 aromatic rings. The summed E-state index contributed by atoms with van der Waals surface area (Å²) in [5, 5.41) is 0. The molecule has 0 unspecified atom stereocenters. The number of benzene rings is 1. The van der Waals surface area contributed by atoms with Gasteiger partial charge in [0.15, 0.2) is 11.5 Å². The second kappa shape index (κ2) is 4.38. The summed E-state index contributed by atoms with van der Waals surface area (Å²) in [5.41, 5.74) is 6.23. The minimum absolute atomic E-state index is 0.316. The highest BCUT2D eigenvalue weighted by Crippen LogP contribution is 2.48. The third-order valence-corrected chi connectivity index (χ3v) is 4.30. The zero-order valence-corrected chi connectivity index (χ0v) is 11.6. The molecule has 0 saturated heterocycles. The second-order valence-corrected chi connectivity index (χ2v) is 5.79. The summed E-state index contributed by atoms with van der Waals surface area (Å²) in [7, 11) is 0. The van der Waals surface area contributed by atoms with E-state index in [2.05, 4.69) is 15.9 Å². The minimum atomic E-state index is -0.626. The summed E-state index contributed by atoms with van der Waals surface area (Å²) in [5.74, 6) is 0.760. The Balaban J connectivity index is 2.20. The van der Waals surface area contributed by atoms with Crippen LogP contribution in [0.25, 0.3) is 0 Å². The highest BCUT2D eigenvalue weighted by atomic mass is 79.9. The second-order valence-electron chi connectivity index (χ2n) is 4.93. The van der Waals surface area contributed by atoms with E-state index in [-0.39, 0.29) is 5.82 Å². The normalized spacial score (nSPS) is 21.1. The van der Waals surface area contributed by atoms with E-state index in [9.17, 15) is 4.39 Å². The van der Waals surface area contributed by atoms with Crippen LogP contribution in [-0.4, -0.2) is 13.2 Å². The van der Waals surface area contributed by atoms with E-state index in [1.54, 1.807) is 6.07 Å². The smallest absolute Gasteiger partial charge is 0.169 e. The van der Waals surface area contributed by atoms with Gasteiger partial charge in [0, 0.05) is 11.6 Å². The lowest BCUT2D eigenvalue weighted by atomic mass is 9.87. The van der Waals surface area contributed by atoms with Crippen molar-refractivity contribution in [2.75, 3.05) is 13.2 Å². The van der Waals surface area contributed by atoms with Gasteiger partial charge in [-0.05, 0) is 28.8 Å². The molecule has 0 aromatic heterocycles. The van der Waals surface area contributed by atoms with Crippen molar-refractivity contribution in [1.29, 1.82) is 0 Å². The molecule has 1 heterocycles. The predicted molar refractivity (Wildman–Crippen MR) is 69.4 cm³/mol. The maximum atomic E-state index is 14.4. The van der Waals surface area contributed by atoms with E-state index in [0.29, 0.717) is 34.7 Å². The molecule has 2 aliphatic rings. The van der Waals surface area contributed by atoms with Crippen LogP contribution in [0.15, 0.2) is 10.5 Å². The van der Waals surface area contributed by atoms with Gasteiger partial charge in [-0.3, -0.25) is 0 Å². The molecule has 1 aliphatic heterocycles. The SMILES string of the molecule is NC1(c2c(F)c(Br)cc3c2OCCO3)CCCC1. The average Bonchev–Trinajstić information content (AvgIpc) is 2.78. The van der Waals surface area contributed by atoms with Crippen LogP contribution in [0.4, 0.5) is 4.39 Å². The van der Waals surface area contributed by atoms with Gasteiger partial charge in [0.1, 0.15) is 19.0 Å². The molecule has 18 heavy (non-hydrogen) atoms. The molecule has 0 amide bonds. The van der Waals surface area contributed by atoms with E-state index in [1.165, 1.54) is 0 Å². The minimum Gasteiger partial charge on any atom is -0.486 e. The van der Waals surface area contributed by atoms with E-state index in [0.717, 1.165) is 25.7 Å². The Bertz CT molecular complexity index is 486. The van der Waals surface area contributed by atoms with Gasteiger partial charge in [-0.25, -0.2) is 4.39 Å². The molecule has 0 atom stereocenters. The van der Waals surface area contributed by atoms with Crippen LogP contribution in [0.3, 0.4) is 0 Å². The fourth-order valence-electron chi connectivity index (χ4n) is 2.83. The van der Waals surface area contributed by atoms with Crippen LogP contribution in [0.2, 0.25) is 0 Å². The quantitative estimate of drug-likeness (QED) is 0.866. The molecule has 1 aromatic carbocycles. The monoisotopic (exact) mass is 315 g/mol. The lowest BCUT2D eigenvalue weighted by molar-refractivity contribution is 0.165. The Labute approximate surface area is 114 Å². The molecule has 3 rings (SSSR count). The maximum absolute atomic E-state index is 14.4. The highest BCUT2D eigenvalue weighted by molar-refractivity contribution is 9.10. The van der Waals surface area contributed by atoms with E-state index in [4.69, 9.17) is 15.2 Å². The van der Waals surface area contributed by atoms with E-state index < -0.39 is 5.54 Å². The van der Waals surface area contributed by atoms with Gasteiger partial charge in [-0.15, -0.1) is 0 Å². The van der Waals surface area contributed by atoms with Crippen LogP contribution >= 0.6 is 15.9 Å². The first kappa shape index (κ1) is 12.2. The summed E-state index contributed by atoms with van der Waals surface area (Å²) < 4.78 is 25.9. The van der Waals surface area contributed by atoms with Gasteiger partial charge in [-0.1, -0.05) is 12.8 Å². The molecule has 0 bridgehead atoms. The number of rotatable bonds is 1. The van der Waals surface area contributed by atoms with Crippen molar-refractivity contribution >= 4 is 15.9 Å². The van der Waals surface area contributed by atoms with Crippen LogP contribution in [0.1, 0.15) is 31.2 Å². The lowest BCUT2D eigenvalue weighted by Gasteiger charge is -2.30. The Morgan fingerprint density at radius 1 is 1.22 bits per heavy atom. The molecule has 1 aliphatic carbocycles. The Morgan fingerprint density at radius 2 is 1.89 bits per heavy atom. The van der Waals surface area contributed by atoms with Crippen LogP contribution in [0.5, 0.6) is 11.5 Å². The van der Waals surface area contributed by atoms with Gasteiger partial charge in [0.2, 0.25) is 0 Å². The number of hydrogen-bond acceptors (Lipinski definition) is 3. The molecule has 3 nitrogen and oxygen atoms in total. The maximum Gasteiger partial charge on any atom is 0.169 e. The molecule has 2 N–H and O–H groups in total. The summed E-state index contributed by atoms with van der Waals surface area (Å²) in [6.45, 7) is 0.930. The van der Waals surface area contributed by atoms with Crippen molar-refractivity contribution in [3.63, 3.8) is 0 Å². The molecule has 0 radical (unpaired) electrons. The summed E-state index contributed by atoms with van der Waals surface area (Å²) in [4.78, 5) is 0. The largest absolute Gasteiger partial charge is 0.486 e. The number of ether oxygens (including phenoxy) is 2. The number of nitrogens with two attached hydrogens (primary N) is 1. The first-order valence-electron chi connectivity index (χ1n) is 6.19. The summed E-state index contributed by atoms with van der Waals surface area (Å²) >= 11 is 3.23. The fourth-order valence-corrected chi connectivity index (χ4v) is 3.24. The zero-order valence-electron chi connectivity index (χ0n) is 9.97. The van der Waals surface area contributed by atoms with Gasteiger partial charge in [0.25, 0.3) is 0 Å². The average molecular weight is 316 g/mol. The number of halogens is 2. The standard InChI is InChI=1S/C13H15BrFNO2/c14-8-7-9-12(18-6-5-17-9)10(11(8)15)13(16)3-1-2-4-13/h7H,1-6,16H2. The first-order valence-corrected chi connectivity index (χ1v) is 6.98. The Hall–Kier alpha value is -0.810. The summed E-state index contributed by atoms with van der Waals surface area (Å²) in [6.07, 6.45) is 3.63. The Morgan fingerprint density at radius 3 is 2.61 bits per heavy atom. The molecule has 5 heteroatoms. The lowest BCUT2D eigenvalue weighted by Crippen LogP contribution is -2.35. The predicted octanol–water partition coefficient (Wildman–Crippen LogP) is 3.09. The van der Waals surface area contributed by atoms with E-state index in [1.807, 2.05) is 0 Å². The van der Waals surface area contributed by atoms with Crippen molar-refractivity contribution in [3.8, 4) is 11.5 Å². The van der Waals surface area contributed by atoms with Crippen molar-refractivity contribution in [3.05, 3.63) is 21.9 Å². The number of fused-ring (bicyclic) bond motifs is 1. The van der Waals surface area contributed by atoms with Crippen molar-refractivity contribution in [2.24, 2.45) is 5.73 Å². The summed E-state index contributed by atoms with van der Waals surface area (Å²) in [6, 6.07) is 1.62. The molecule has 0 spiro atoms.